The van der Waals surface area contributed by atoms with Gasteiger partial charge in [-0.2, -0.15) is 4.31 Å². The van der Waals surface area contributed by atoms with Crippen LogP contribution in [0.15, 0.2) is 23.1 Å². The minimum absolute atomic E-state index is 0.291. The molecule has 7 nitrogen and oxygen atoms in total. The maximum Gasteiger partial charge on any atom is 0.243 e. The molecule has 0 radical (unpaired) electrons. The molecule has 1 aromatic rings. The fraction of sp³-hybridized carbons (Fsp3) is 0.650. The number of hydrogen-bond acceptors (Lipinski definition) is 5. The van der Waals surface area contributed by atoms with E-state index in [0.717, 1.165) is 56.7 Å². The number of nitrogens with zero attached hydrogens (tertiary/aromatic N) is 2. The summed E-state index contributed by atoms with van der Waals surface area (Å²) in [7, 11) is -3.56. The smallest absolute Gasteiger partial charge is 0.243 e. The number of hydrogen-bond donors (Lipinski definition) is 2. The summed E-state index contributed by atoms with van der Waals surface area (Å²) < 4.78 is 33.0. The maximum atomic E-state index is 13.1. The van der Waals surface area contributed by atoms with Crippen LogP contribution < -0.4 is 15.5 Å². The molecule has 1 aromatic carbocycles. The van der Waals surface area contributed by atoms with Crippen molar-refractivity contribution in [2.75, 3.05) is 56.2 Å². The lowest BCUT2D eigenvalue weighted by Gasteiger charge is -2.31. The van der Waals surface area contributed by atoms with E-state index in [2.05, 4.69) is 22.5 Å². The van der Waals surface area contributed by atoms with E-state index in [1.54, 1.807) is 12.1 Å². The molecule has 162 valence electrons. The van der Waals surface area contributed by atoms with E-state index in [4.69, 9.17) is 17.0 Å². The molecule has 0 bridgehead atoms. The van der Waals surface area contributed by atoms with Crippen molar-refractivity contribution in [3.05, 3.63) is 18.2 Å². The highest BCUT2D eigenvalue weighted by atomic mass is 32.2. The molecule has 3 rings (SSSR count). The first-order valence-electron chi connectivity index (χ1n) is 10.5. The first-order valence-corrected chi connectivity index (χ1v) is 12.4. The number of rotatable bonds is 7. The van der Waals surface area contributed by atoms with Gasteiger partial charge in [0.25, 0.3) is 0 Å². The molecular weight excluding hydrogens is 408 g/mol. The van der Waals surface area contributed by atoms with Crippen molar-refractivity contribution in [1.29, 1.82) is 0 Å². The highest BCUT2D eigenvalue weighted by molar-refractivity contribution is 7.89. The second kappa shape index (κ2) is 10.6. The number of anilines is 2. The molecule has 0 amide bonds. The Morgan fingerprint density at radius 2 is 1.86 bits per heavy atom. The summed E-state index contributed by atoms with van der Waals surface area (Å²) in [5, 5.41) is 6.99. The number of unbranched alkanes of at least 4 members (excludes halogenated alkanes) is 1. The highest BCUT2D eigenvalue weighted by Crippen LogP contribution is 2.32. The van der Waals surface area contributed by atoms with Gasteiger partial charge in [0.15, 0.2) is 5.11 Å². The number of morpholine rings is 1. The van der Waals surface area contributed by atoms with Crippen molar-refractivity contribution in [3.8, 4) is 0 Å². The van der Waals surface area contributed by atoms with Gasteiger partial charge in [0, 0.05) is 32.7 Å². The van der Waals surface area contributed by atoms with Crippen LogP contribution >= 0.6 is 12.2 Å². The second-order valence-electron chi connectivity index (χ2n) is 7.48. The lowest BCUT2D eigenvalue weighted by molar-refractivity contribution is 0.0730. The summed E-state index contributed by atoms with van der Waals surface area (Å²) in [6.45, 7) is 6.51. The van der Waals surface area contributed by atoms with E-state index in [-0.39, 0.29) is 0 Å². The van der Waals surface area contributed by atoms with Crippen LogP contribution in [0.3, 0.4) is 0 Å². The minimum atomic E-state index is -3.56. The van der Waals surface area contributed by atoms with Crippen LogP contribution in [0.4, 0.5) is 11.4 Å². The Kier molecular flexibility index (Phi) is 8.11. The third-order valence-corrected chi connectivity index (χ3v) is 7.48. The molecule has 0 unspecified atom stereocenters. The molecule has 2 N–H and O–H groups in total. The quantitative estimate of drug-likeness (QED) is 0.499. The van der Waals surface area contributed by atoms with Gasteiger partial charge in [-0.1, -0.05) is 13.3 Å². The van der Waals surface area contributed by atoms with Crippen molar-refractivity contribution < 1.29 is 13.2 Å². The summed E-state index contributed by atoms with van der Waals surface area (Å²) in [5.74, 6) is 0. The molecule has 2 heterocycles. The first kappa shape index (κ1) is 22.3. The zero-order chi connectivity index (χ0) is 20.7. The van der Waals surface area contributed by atoms with Crippen molar-refractivity contribution in [2.24, 2.45) is 0 Å². The average molecular weight is 441 g/mol. The lowest BCUT2D eigenvalue weighted by Crippen LogP contribution is -2.40. The van der Waals surface area contributed by atoms with Crippen LogP contribution in [0.1, 0.15) is 39.0 Å². The summed E-state index contributed by atoms with van der Waals surface area (Å²) in [4.78, 5) is 2.60. The monoisotopic (exact) mass is 440 g/mol. The van der Waals surface area contributed by atoms with E-state index in [0.29, 0.717) is 36.3 Å². The number of piperidine rings is 1. The van der Waals surface area contributed by atoms with E-state index in [1.807, 2.05) is 6.07 Å². The first-order chi connectivity index (χ1) is 14.0. The molecule has 2 aliphatic heterocycles. The predicted octanol–water partition coefficient (Wildman–Crippen LogP) is 2.78. The van der Waals surface area contributed by atoms with Gasteiger partial charge < -0.3 is 20.3 Å². The molecule has 9 heteroatoms. The Morgan fingerprint density at radius 3 is 2.55 bits per heavy atom. The molecule has 2 aliphatic rings. The number of thiocarbonyl (C=S) groups is 1. The zero-order valence-corrected chi connectivity index (χ0v) is 18.8. The summed E-state index contributed by atoms with van der Waals surface area (Å²) in [5.41, 5.74) is 1.75. The van der Waals surface area contributed by atoms with Gasteiger partial charge in [0.05, 0.1) is 29.5 Å². The van der Waals surface area contributed by atoms with Gasteiger partial charge in [-0.05, 0) is 56.1 Å². The molecule has 0 spiro atoms. The molecule has 2 fully saturated rings. The van der Waals surface area contributed by atoms with E-state index in [9.17, 15) is 8.42 Å². The molecule has 2 saturated heterocycles. The lowest BCUT2D eigenvalue weighted by atomic mass is 10.1. The van der Waals surface area contributed by atoms with Crippen LogP contribution in [0.2, 0.25) is 0 Å². The van der Waals surface area contributed by atoms with Crippen LogP contribution in [0, 0.1) is 0 Å². The minimum Gasteiger partial charge on any atom is -0.379 e. The van der Waals surface area contributed by atoms with Crippen molar-refractivity contribution in [1.82, 2.24) is 9.62 Å². The van der Waals surface area contributed by atoms with Crippen molar-refractivity contribution >= 4 is 38.7 Å². The Morgan fingerprint density at radius 1 is 1.14 bits per heavy atom. The second-order valence-corrected chi connectivity index (χ2v) is 9.82. The largest absolute Gasteiger partial charge is 0.379 e. The van der Waals surface area contributed by atoms with Crippen molar-refractivity contribution in [2.45, 2.75) is 43.9 Å². The summed E-state index contributed by atoms with van der Waals surface area (Å²) in [6, 6.07) is 5.35. The van der Waals surface area contributed by atoms with Gasteiger partial charge >= 0.3 is 0 Å². The number of sulfonamides is 1. The standard InChI is InChI=1S/C20H32N4O3S2/c1-2-3-9-21-20(28)22-18-16-17(29(25,26)24-12-14-27-15-13-24)7-8-19(18)23-10-5-4-6-11-23/h7-8,16H,2-6,9-15H2,1H3,(H2,21,22,28). The molecule has 0 aliphatic carbocycles. The highest BCUT2D eigenvalue weighted by Gasteiger charge is 2.27. The van der Waals surface area contributed by atoms with Crippen LogP contribution in [0.25, 0.3) is 0 Å². The molecule has 0 saturated carbocycles. The fourth-order valence-corrected chi connectivity index (χ4v) is 5.31. The normalized spacial score (nSPS) is 18.4. The maximum absolute atomic E-state index is 13.1. The molecule has 29 heavy (non-hydrogen) atoms. The number of benzene rings is 1. The van der Waals surface area contributed by atoms with Crippen molar-refractivity contribution in [3.63, 3.8) is 0 Å². The van der Waals surface area contributed by atoms with Gasteiger partial charge in [0.2, 0.25) is 10.0 Å². The Balaban J connectivity index is 1.86. The van der Waals surface area contributed by atoms with Crippen LogP contribution in [-0.2, 0) is 14.8 Å². The third-order valence-electron chi connectivity index (χ3n) is 5.34. The third kappa shape index (κ3) is 5.81. The van der Waals surface area contributed by atoms with Gasteiger partial charge in [0.1, 0.15) is 0 Å². The van der Waals surface area contributed by atoms with E-state index in [1.165, 1.54) is 10.7 Å². The van der Waals surface area contributed by atoms with Gasteiger partial charge in [-0.3, -0.25) is 0 Å². The van der Waals surface area contributed by atoms with Crippen LogP contribution in [0.5, 0.6) is 0 Å². The number of ether oxygens (including phenoxy) is 1. The summed E-state index contributed by atoms with van der Waals surface area (Å²) >= 11 is 5.46. The van der Waals surface area contributed by atoms with Gasteiger partial charge in [-0.25, -0.2) is 8.42 Å². The fourth-order valence-electron chi connectivity index (χ4n) is 3.67. The molecule has 0 aromatic heterocycles. The predicted molar refractivity (Wildman–Crippen MR) is 121 cm³/mol. The summed E-state index contributed by atoms with van der Waals surface area (Å²) in [6.07, 6.45) is 5.65. The van der Waals surface area contributed by atoms with Crippen LogP contribution in [-0.4, -0.2) is 63.8 Å². The average Bonchev–Trinajstić information content (AvgIpc) is 2.75. The Bertz CT molecular complexity index is 789. The number of nitrogens with one attached hydrogen (secondary N) is 2. The molecular formula is C20H32N4O3S2. The zero-order valence-electron chi connectivity index (χ0n) is 17.2. The SMILES string of the molecule is CCCCNC(=S)Nc1cc(S(=O)(=O)N2CCOCC2)ccc1N1CCCCC1. The topological polar surface area (TPSA) is 73.9 Å². The Labute approximate surface area is 179 Å². The van der Waals surface area contributed by atoms with E-state index < -0.39 is 10.0 Å². The van der Waals surface area contributed by atoms with Gasteiger partial charge in [-0.15, -0.1) is 0 Å². The Hall–Kier alpha value is -1.42. The molecule has 0 atom stereocenters. The van der Waals surface area contributed by atoms with E-state index >= 15 is 0 Å².